The fourth-order valence-electron chi connectivity index (χ4n) is 2.44. The molecule has 0 spiro atoms. The standard InChI is InChI=1S/C19H21N/c1-4-5-13-20-19(17-9-7-6-8-10-17)18-12-11-15(2)14-16(18)3/h6-12,14,19-20H,13H2,1-3H3. The van der Waals surface area contributed by atoms with E-state index >= 15 is 0 Å². The van der Waals surface area contributed by atoms with Crippen molar-refractivity contribution in [3.05, 3.63) is 70.8 Å². The second kappa shape index (κ2) is 6.93. The first kappa shape index (κ1) is 14.4. The van der Waals surface area contributed by atoms with Gasteiger partial charge in [-0.15, -0.1) is 5.92 Å². The van der Waals surface area contributed by atoms with Crippen LogP contribution in [0.1, 0.15) is 35.2 Å². The third kappa shape index (κ3) is 3.50. The molecular weight excluding hydrogens is 242 g/mol. The van der Waals surface area contributed by atoms with Crippen LogP contribution in [0.3, 0.4) is 0 Å². The monoisotopic (exact) mass is 263 g/mol. The van der Waals surface area contributed by atoms with Crippen LogP contribution >= 0.6 is 0 Å². The van der Waals surface area contributed by atoms with E-state index in [1.165, 1.54) is 22.3 Å². The minimum atomic E-state index is 0.192. The summed E-state index contributed by atoms with van der Waals surface area (Å²) in [6.07, 6.45) is 0. The highest BCUT2D eigenvalue weighted by atomic mass is 14.9. The van der Waals surface area contributed by atoms with Crippen LogP contribution < -0.4 is 5.32 Å². The van der Waals surface area contributed by atoms with Gasteiger partial charge in [0.15, 0.2) is 0 Å². The van der Waals surface area contributed by atoms with E-state index in [9.17, 15) is 0 Å². The van der Waals surface area contributed by atoms with Gasteiger partial charge in [-0.05, 0) is 37.5 Å². The zero-order valence-electron chi connectivity index (χ0n) is 12.4. The predicted molar refractivity (Wildman–Crippen MR) is 85.7 cm³/mol. The van der Waals surface area contributed by atoms with Gasteiger partial charge in [0.25, 0.3) is 0 Å². The second-order valence-corrected chi connectivity index (χ2v) is 5.01. The Labute approximate surface area is 122 Å². The van der Waals surface area contributed by atoms with Gasteiger partial charge in [-0.25, -0.2) is 0 Å². The van der Waals surface area contributed by atoms with Crippen molar-refractivity contribution in [3.8, 4) is 11.8 Å². The third-order valence-electron chi connectivity index (χ3n) is 3.44. The van der Waals surface area contributed by atoms with E-state index in [1.54, 1.807) is 0 Å². The highest BCUT2D eigenvalue weighted by Crippen LogP contribution is 2.25. The summed E-state index contributed by atoms with van der Waals surface area (Å²) < 4.78 is 0. The summed E-state index contributed by atoms with van der Waals surface area (Å²) in [5.41, 5.74) is 5.21. The van der Waals surface area contributed by atoms with Crippen LogP contribution in [0.15, 0.2) is 48.5 Å². The lowest BCUT2D eigenvalue weighted by molar-refractivity contribution is 0.655. The van der Waals surface area contributed by atoms with Gasteiger partial charge in [-0.3, -0.25) is 5.32 Å². The van der Waals surface area contributed by atoms with E-state index in [4.69, 9.17) is 0 Å². The normalized spacial score (nSPS) is 11.6. The molecule has 2 aromatic carbocycles. The van der Waals surface area contributed by atoms with Crippen LogP contribution in [0.4, 0.5) is 0 Å². The maximum absolute atomic E-state index is 3.54. The van der Waals surface area contributed by atoms with Crippen molar-refractivity contribution in [1.82, 2.24) is 5.32 Å². The zero-order valence-corrected chi connectivity index (χ0v) is 12.4. The van der Waals surface area contributed by atoms with E-state index in [0.717, 1.165) is 0 Å². The molecule has 2 rings (SSSR count). The van der Waals surface area contributed by atoms with Crippen LogP contribution in [0.2, 0.25) is 0 Å². The molecule has 1 nitrogen and oxygen atoms in total. The van der Waals surface area contributed by atoms with E-state index in [2.05, 4.69) is 79.5 Å². The number of nitrogens with one attached hydrogen (secondary N) is 1. The first-order valence-electron chi connectivity index (χ1n) is 6.97. The Morgan fingerprint density at radius 1 is 1.05 bits per heavy atom. The van der Waals surface area contributed by atoms with Gasteiger partial charge < -0.3 is 0 Å². The van der Waals surface area contributed by atoms with Crippen LogP contribution in [-0.2, 0) is 0 Å². The van der Waals surface area contributed by atoms with Crippen molar-refractivity contribution in [2.75, 3.05) is 6.54 Å². The van der Waals surface area contributed by atoms with Crippen LogP contribution in [0, 0.1) is 25.7 Å². The average Bonchev–Trinajstić information content (AvgIpc) is 2.46. The molecule has 2 aromatic rings. The molecular formula is C19H21N. The molecule has 1 unspecified atom stereocenters. The number of aryl methyl sites for hydroxylation is 2. The quantitative estimate of drug-likeness (QED) is 0.822. The summed E-state index contributed by atoms with van der Waals surface area (Å²) in [7, 11) is 0. The number of benzene rings is 2. The molecule has 102 valence electrons. The summed E-state index contributed by atoms with van der Waals surface area (Å²) in [4.78, 5) is 0. The molecule has 0 radical (unpaired) electrons. The molecule has 0 aliphatic rings. The maximum atomic E-state index is 3.54. The summed E-state index contributed by atoms with van der Waals surface area (Å²) in [6.45, 7) is 6.87. The minimum Gasteiger partial charge on any atom is -0.295 e. The number of hydrogen-bond acceptors (Lipinski definition) is 1. The van der Waals surface area contributed by atoms with Crippen LogP contribution in [-0.4, -0.2) is 6.54 Å². The number of hydrogen-bond donors (Lipinski definition) is 1. The first-order chi connectivity index (χ1) is 9.72. The second-order valence-electron chi connectivity index (χ2n) is 5.01. The predicted octanol–water partition coefficient (Wildman–Crippen LogP) is 4.01. The fourth-order valence-corrected chi connectivity index (χ4v) is 2.44. The van der Waals surface area contributed by atoms with Gasteiger partial charge in [0, 0.05) is 0 Å². The van der Waals surface area contributed by atoms with Crippen LogP contribution in [0.5, 0.6) is 0 Å². The molecule has 0 amide bonds. The summed E-state index contributed by atoms with van der Waals surface area (Å²) in [5, 5.41) is 3.54. The zero-order chi connectivity index (χ0) is 14.4. The molecule has 0 aromatic heterocycles. The van der Waals surface area contributed by atoms with Crippen molar-refractivity contribution >= 4 is 0 Å². The molecule has 1 N–H and O–H groups in total. The molecule has 1 heteroatoms. The molecule has 0 saturated carbocycles. The topological polar surface area (TPSA) is 12.0 Å². The van der Waals surface area contributed by atoms with Gasteiger partial charge in [0.05, 0.1) is 12.6 Å². The molecule has 0 saturated heterocycles. The smallest absolute Gasteiger partial charge is 0.0586 e. The van der Waals surface area contributed by atoms with Crippen molar-refractivity contribution in [2.45, 2.75) is 26.8 Å². The Kier molecular flexibility index (Phi) is 4.98. The van der Waals surface area contributed by atoms with E-state index in [0.29, 0.717) is 6.54 Å². The Hall–Kier alpha value is -2.04. The lowest BCUT2D eigenvalue weighted by atomic mass is 9.94. The molecule has 0 heterocycles. The lowest BCUT2D eigenvalue weighted by Gasteiger charge is -2.21. The van der Waals surface area contributed by atoms with Gasteiger partial charge in [0.2, 0.25) is 0 Å². The Balaban J connectivity index is 2.37. The Morgan fingerprint density at radius 3 is 2.45 bits per heavy atom. The van der Waals surface area contributed by atoms with Crippen molar-refractivity contribution in [1.29, 1.82) is 0 Å². The van der Waals surface area contributed by atoms with Crippen molar-refractivity contribution in [2.24, 2.45) is 0 Å². The van der Waals surface area contributed by atoms with Gasteiger partial charge in [-0.2, -0.15) is 0 Å². The Bertz CT molecular complexity index is 617. The SMILES string of the molecule is CC#CCNC(c1ccccc1)c1ccc(C)cc1C. The van der Waals surface area contributed by atoms with Crippen LogP contribution in [0.25, 0.3) is 0 Å². The average molecular weight is 263 g/mol. The van der Waals surface area contributed by atoms with Gasteiger partial charge in [-0.1, -0.05) is 60.0 Å². The summed E-state index contributed by atoms with van der Waals surface area (Å²) in [6, 6.07) is 17.4. The van der Waals surface area contributed by atoms with E-state index < -0.39 is 0 Å². The first-order valence-corrected chi connectivity index (χ1v) is 6.97. The molecule has 20 heavy (non-hydrogen) atoms. The summed E-state index contributed by atoms with van der Waals surface area (Å²) >= 11 is 0. The maximum Gasteiger partial charge on any atom is 0.0586 e. The molecule has 0 fully saturated rings. The highest BCUT2D eigenvalue weighted by molar-refractivity contribution is 5.39. The highest BCUT2D eigenvalue weighted by Gasteiger charge is 2.14. The largest absolute Gasteiger partial charge is 0.295 e. The van der Waals surface area contributed by atoms with Crippen molar-refractivity contribution in [3.63, 3.8) is 0 Å². The molecule has 0 bridgehead atoms. The summed E-state index contributed by atoms with van der Waals surface area (Å²) in [5.74, 6) is 6.03. The Morgan fingerprint density at radius 2 is 1.80 bits per heavy atom. The molecule has 1 atom stereocenters. The minimum absolute atomic E-state index is 0.192. The molecule has 0 aliphatic carbocycles. The van der Waals surface area contributed by atoms with Gasteiger partial charge >= 0.3 is 0 Å². The fraction of sp³-hybridized carbons (Fsp3) is 0.263. The van der Waals surface area contributed by atoms with Gasteiger partial charge in [0.1, 0.15) is 0 Å². The van der Waals surface area contributed by atoms with E-state index in [-0.39, 0.29) is 6.04 Å². The van der Waals surface area contributed by atoms with E-state index in [1.807, 2.05) is 6.92 Å². The third-order valence-corrected chi connectivity index (χ3v) is 3.44. The number of rotatable bonds is 4. The lowest BCUT2D eigenvalue weighted by Crippen LogP contribution is -2.23. The van der Waals surface area contributed by atoms with Crippen molar-refractivity contribution < 1.29 is 0 Å². The molecule has 0 aliphatic heterocycles.